The summed E-state index contributed by atoms with van der Waals surface area (Å²) in [6.07, 6.45) is 0. The van der Waals surface area contributed by atoms with E-state index in [9.17, 15) is 0 Å². The lowest BCUT2D eigenvalue weighted by Crippen LogP contribution is -2.21. The van der Waals surface area contributed by atoms with Crippen LogP contribution in [0.25, 0.3) is 0 Å². The molecule has 0 aliphatic carbocycles. The van der Waals surface area contributed by atoms with Gasteiger partial charge in [0.2, 0.25) is 0 Å². The Kier molecular flexibility index (Phi) is 4.85. The van der Waals surface area contributed by atoms with Gasteiger partial charge in [-0.1, -0.05) is 6.92 Å². The maximum Gasteiger partial charge on any atom is 1.00 e. The van der Waals surface area contributed by atoms with Crippen molar-refractivity contribution in [1.82, 2.24) is 5.32 Å². The number of likely N-dealkylation sites (N-methyl/N-ethyl adjacent to an activating group) is 1. The van der Waals surface area contributed by atoms with Crippen LogP contribution >= 0.6 is 0 Å². The fraction of sp³-hybridized carbons (Fsp3) is 1.00. The van der Waals surface area contributed by atoms with Gasteiger partial charge in [0.1, 0.15) is 0 Å². The highest BCUT2D eigenvalue weighted by atomic mass is 14.9. The molecule has 3 N–H and O–H groups in total. The summed E-state index contributed by atoms with van der Waals surface area (Å²) in [7, 11) is 0. The molecular formula is C4H13N2+. The summed E-state index contributed by atoms with van der Waals surface area (Å²) in [4.78, 5) is 0. The molecule has 0 aromatic rings. The Hall–Kier alpha value is -0.0800. The Morgan fingerprint density at radius 3 is 2.67 bits per heavy atom. The second-order valence-electron chi connectivity index (χ2n) is 1.14. The zero-order valence-corrected chi connectivity index (χ0v) is 4.20. The van der Waals surface area contributed by atoms with Gasteiger partial charge >= 0.3 is 1.43 Å². The van der Waals surface area contributed by atoms with Crippen LogP contribution in [-0.2, 0) is 0 Å². The van der Waals surface area contributed by atoms with Gasteiger partial charge in [-0.05, 0) is 6.54 Å². The summed E-state index contributed by atoms with van der Waals surface area (Å²) >= 11 is 0. The third kappa shape index (κ3) is 3.92. The molecule has 0 atom stereocenters. The van der Waals surface area contributed by atoms with E-state index in [4.69, 9.17) is 5.73 Å². The molecule has 0 fully saturated rings. The number of hydrogen-bond acceptors (Lipinski definition) is 2. The van der Waals surface area contributed by atoms with E-state index in [0.717, 1.165) is 19.6 Å². The van der Waals surface area contributed by atoms with Crippen molar-refractivity contribution in [2.24, 2.45) is 5.73 Å². The van der Waals surface area contributed by atoms with Crippen LogP contribution in [-0.4, -0.2) is 19.6 Å². The third-order valence-corrected chi connectivity index (χ3v) is 0.571. The van der Waals surface area contributed by atoms with Crippen molar-refractivity contribution in [3.8, 4) is 0 Å². The number of nitrogens with two attached hydrogens (primary N) is 1. The average molecular weight is 89.2 g/mol. The van der Waals surface area contributed by atoms with Crippen LogP contribution in [0.3, 0.4) is 0 Å². The summed E-state index contributed by atoms with van der Waals surface area (Å²) in [5.41, 5.74) is 5.15. The quantitative estimate of drug-likeness (QED) is 0.464. The smallest absolute Gasteiger partial charge is 0.329 e. The molecule has 6 heavy (non-hydrogen) atoms. The molecular weight excluding hydrogens is 76.1 g/mol. The molecule has 0 rings (SSSR count). The van der Waals surface area contributed by atoms with Crippen LogP contribution in [0.5, 0.6) is 0 Å². The van der Waals surface area contributed by atoms with Crippen LogP contribution in [0.15, 0.2) is 0 Å². The minimum absolute atomic E-state index is 0. The molecule has 0 amide bonds. The fourth-order valence-corrected chi connectivity index (χ4v) is 0.279. The molecule has 0 heterocycles. The first-order valence-electron chi connectivity index (χ1n) is 2.32. The Labute approximate surface area is 40.2 Å². The molecule has 0 aromatic carbocycles. The number of nitrogens with one attached hydrogen (secondary N) is 1. The van der Waals surface area contributed by atoms with E-state index in [-0.39, 0.29) is 1.43 Å². The molecule has 0 unspecified atom stereocenters. The summed E-state index contributed by atoms with van der Waals surface area (Å²) in [5, 5.41) is 3.07. The van der Waals surface area contributed by atoms with Gasteiger partial charge in [-0.25, -0.2) is 0 Å². The molecule has 0 saturated heterocycles. The van der Waals surface area contributed by atoms with Gasteiger partial charge in [0.25, 0.3) is 0 Å². The monoisotopic (exact) mass is 89.1 g/mol. The Morgan fingerprint density at radius 2 is 2.50 bits per heavy atom. The predicted octanol–water partition coefficient (Wildman–Crippen LogP) is -0.333. The third-order valence-electron chi connectivity index (χ3n) is 0.571. The van der Waals surface area contributed by atoms with E-state index >= 15 is 0 Å². The summed E-state index contributed by atoms with van der Waals surface area (Å²) in [6, 6.07) is 0. The highest BCUT2D eigenvalue weighted by Gasteiger charge is 1.71. The first kappa shape index (κ1) is 5.92. The van der Waals surface area contributed by atoms with Crippen molar-refractivity contribution >= 4 is 0 Å². The molecule has 2 heteroatoms. The number of rotatable bonds is 3. The van der Waals surface area contributed by atoms with Gasteiger partial charge in [-0.2, -0.15) is 0 Å². The van der Waals surface area contributed by atoms with Crippen molar-refractivity contribution in [3.05, 3.63) is 0 Å². The normalized spacial score (nSPS) is 9.00. The standard InChI is InChI=1S/C4H12N2/c1-2-6-4-3-5/h6H,2-5H2,1H3/p+1. The molecule has 0 aliphatic rings. The van der Waals surface area contributed by atoms with Crippen molar-refractivity contribution in [2.45, 2.75) is 6.92 Å². The predicted molar refractivity (Wildman–Crippen MR) is 28.7 cm³/mol. The topological polar surface area (TPSA) is 38.0 Å². The molecule has 0 bridgehead atoms. The first-order valence-corrected chi connectivity index (χ1v) is 2.32. The van der Waals surface area contributed by atoms with Crippen LogP contribution in [0, 0.1) is 0 Å². The van der Waals surface area contributed by atoms with Gasteiger partial charge in [0.15, 0.2) is 0 Å². The second-order valence-corrected chi connectivity index (χ2v) is 1.14. The zero-order valence-electron chi connectivity index (χ0n) is 5.20. The van der Waals surface area contributed by atoms with Gasteiger partial charge in [0, 0.05) is 13.1 Å². The van der Waals surface area contributed by atoms with Gasteiger partial charge in [-0.3, -0.25) is 0 Å². The molecule has 2 nitrogen and oxygen atoms in total. The van der Waals surface area contributed by atoms with Crippen LogP contribution < -0.4 is 11.1 Å². The van der Waals surface area contributed by atoms with E-state index in [0.29, 0.717) is 0 Å². The van der Waals surface area contributed by atoms with Crippen molar-refractivity contribution < 1.29 is 1.43 Å². The molecule has 0 aromatic heterocycles. The molecule has 0 spiro atoms. The summed E-state index contributed by atoms with van der Waals surface area (Å²) in [5.74, 6) is 0. The first-order chi connectivity index (χ1) is 2.91. The van der Waals surface area contributed by atoms with Crippen molar-refractivity contribution in [1.29, 1.82) is 0 Å². The summed E-state index contributed by atoms with van der Waals surface area (Å²) < 4.78 is 0. The van der Waals surface area contributed by atoms with E-state index in [1.54, 1.807) is 0 Å². The van der Waals surface area contributed by atoms with E-state index in [1.165, 1.54) is 0 Å². The van der Waals surface area contributed by atoms with Gasteiger partial charge in [0.05, 0.1) is 0 Å². The van der Waals surface area contributed by atoms with E-state index < -0.39 is 0 Å². The largest absolute Gasteiger partial charge is 1.00 e. The maximum absolute atomic E-state index is 5.15. The molecule has 0 radical (unpaired) electrons. The molecule has 0 saturated carbocycles. The van der Waals surface area contributed by atoms with Crippen LogP contribution in [0.1, 0.15) is 8.35 Å². The van der Waals surface area contributed by atoms with Crippen molar-refractivity contribution in [2.75, 3.05) is 19.6 Å². The lowest BCUT2D eigenvalue weighted by molar-refractivity contribution is 0.725. The van der Waals surface area contributed by atoms with E-state index in [1.807, 2.05) is 0 Å². The lowest BCUT2D eigenvalue weighted by Gasteiger charge is -1.92. The molecule has 0 aliphatic heterocycles. The maximum atomic E-state index is 5.15. The minimum Gasteiger partial charge on any atom is -0.329 e. The number of hydrogen-bond donors (Lipinski definition) is 2. The van der Waals surface area contributed by atoms with E-state index in [2.05, 4.69) is 12.2 Å². The fourth-order valence-electron chi connectivity index (χ4n) is 0.279. The van der Waals surface area contributed by atoms with Gasteiger partial charge in [-0.15, -0.1) is 0 Å². The Bertz CT molecular complexity index is 21.7. The van der Waals surface area contributed by atoms with Crippen LogP contribution in [0.4, 0.5) is 0 Å². The van der Waals surface area contributed by atoms with Crippen molar-refractivity contribution in [3.63, 3.8) is 0 Å². The highest BCUT2D eigenvalue weighted by Crippen LogP contribution is 1.48. The minimum atomic E-state index is 0. The SMILES string of the molecule is CCNCCN.[H+]. The Morgan fingerprint density at radius 1 is 1.83 bits per heavy atom. The van der Waals surface area contributed by atoms with Crippen LogP contribution in [0.2, 0.25) is 0 Å². The highest BCUT2D eigenvalue weighted by molar-refractivity contribution is 4.39. The van der Waals surface area contributed by atoms with Gasteiger partial charge < -0.3 is 11.1 Å². The second kappa shape index (κ2) is 4.92. The summed E-state index contributed by atoms with van der Waals surface area (Å²) in [6.45, 7) is 4.77. The lowest BCUT2D eigenvalue weighted by atomic mass is 10.6. The zero-order chi connectivity index (χ0) is 4.83. The average Bonchev–Trinajstić information content (AvgIpc) is 1.61. The Balaban J connectivity index is 0. The molecule has 38 valence electrons.